The minimum Gasteiger partial charge on any atom is -0.379 e. The highest BCUT2D eigenvalue weighted by Gasteiger charge is 2.22. The highest BCUT2D eigenvalue weighted by atomic mass is 127. The molecule has 1 saturated carbocycles. The Balaban J connectivity index is 0.00000288. The lowest BCUT2D eigenvalue weighted by Crippen LogP contribution is -2.51. The molecule has 5 nitrogen and oxygen atoms in total. The Labute approximate surface area is 165 Å². The van der Waals surface area contributed by atoms with E-state index >= 15 is 0 Å². The fourth-order valence-electron chi connectivity index (χ4n) is 3.29. The molecular formula is C18H37IN4O. The van der Waals surface area contributed by atoms with Crippen LogP contribution < -0.4 is 10.6 Å². The van der Waals surface area contributed by atoms with Gasteiger partial charge in [-0.15, -0.1) is 24.0 Å². The number of nitrogens with one attached hydrogen (secondary N) is 2. The van der Waals surface area contributed by atoms with E-state index in [2.05, 4.69) is 34.4 Å². The number of guanidine groups is 1. The molecule has 1 unspecified atom stereocenters. The van der Waals surface area contributed by atoms with E-state index in [4.69, 9.17) is 4.74 Å². The zero-order chi connectivity index (χ0) is 16.5. The van der Waals surface area contributed by atoms with Crippen LogP contribution >= 0.6 is 24.0 Å². The molecule has 0 spiro atoms. The molecule has 0 aromatic heterocycles. The van der Waals surface area contributed by atoms with Crippen LogP contribution in [0.5, 0.6) is 0 Å². The topological polar surface area (TPSA) is 48.9 Å². The molecule has 24 heavy (non-hydrogen) atoms. The smallest absolute Gasteiger partial charge is 0.191 e. The summed E-state index contributed by atoms with van der Waals surface area (Å²) in [6, 6.07) is 0.559. The van der Waals surface area contributed by atoms with E-state index in [1.807, 2.05) is 7.05 Å². The largest absolute Gasteiger partial charge is 0.379 e. The van der Waals surface area contributed by atoms with Gasteiger partial charge in [-0.25, -0.2) is 0 Å². The second kappa shape index (κ2) is 12.3. The van der Waals surface area contributed by atoms with Crippen molar-refractivity contribution in [3.05, 3.63) is 0 Å². The third-order valence-electron chi connectivity index (χ3n) is 4.81. The fourth-order valence-corrected chi connectivity index (χ4v) is 3.29. The Hall–Kier alpha value is -0.0800. The Kier molecular flexibility index (Phi) is 11.3. The van der Waals surface area contributed by atoms with Crippen molar-refractivity contribution in [2.75, 3.05) is 46.4 Å². The molecule has 2 fully saturated rings. The summed E-state index contributed by atoms with van der Waals surface area (Å²) in [4.78, 5) is 6.93. The molecule has 0 bridgehead atoms. The van der Waals surface area contributed by atoms with Gasteiger partial charge in [0.25, 0.3) is 0 Å². The van der Waals surface area contributed by atoms with Crippen molar-refractivity contribution in [2.45, 2.75) is 52.0 Å². The quantitative estimate of drug-likeness (QED) is 0.245. The normalized spacial score (nSPS) is 20.6. The molecule has 2 N–H and O–H groups in total. The molecule has 1 atom stereocenters. The molecule has 2 aliphatic rings. The highest BCUT2D eigenvalue weighted by Crippen LogP contribution is 2.33. The van der Waals surface area contributed by atoms with Gasteiger partial charge in [-0.05, 0) is 31.1 Å². The molecule has 0 aromatic rings. The summed E-state index contributed by atoms with van der Waals surface area (Å²) in [7, 11) is 1.86. The van der Waals surface area contributed by atoms with Crippen molar-refractivity contribution in [1.29, 1.82) is 0 Å². The Morgan fingerprint density at radius 1 is 1.21 bits per heavy atom. The van der Waals surface area contributed by atoms with Crippen LogP contribution in [0, 0.1) is 11.8 Å². The summed E-state index contributed by atoms with van der Waals surface area (Å²) >= 11 is 0. The van der Waals surface area contributed by atoms with Gasteiger partial charge in [-0.1, -0.05) is 26.7 Å². The standard InChI is InChI=1S/C18H36N4O.HI/c1-15(2)13-17(22-9-11-23-12-10-22)14-21-18(19-3)20-8-4-5-16-6-7-16;/h15-17H,4-14H2,1-3H3,(H2,19,20,21);1H. The second-order valence-electron chi connectivity index (χ2n) is 7.40. The zero-order valence-electron chi connectivity index (χ0n) is 15.7. The molecule has 1 aliphatic carbocycles. The molecular weight excluding hydrogens is 415 g/mol. The number of hydrogen-bond donors (Lipinski definition) is 2. The van der Waals surface area contributed by atoms with Crippen molar-refractivity contribution in [1.82, 2.24) is 15.5 Å². The van der Waals surface area contributed by atoms with E-state index in [0.717, 1.165) is 51.3 Å². The number of morpholine rings is 1. The van der Waals surface area contributed by atoms with Crippen molar-refractivity contribution >= 4 is 29.9 Å². The summed E-state index contributed by atoms with van der Waals surface area (Å²) in [5.74, 6) is 2.67. The SMILES string of the molecule is CN=C(NCCCC1CC1)NCC(CC(C)C)N1CCOCC1.I. The van der Waals surface area contributed by atoms with Gasteiger partial charge in [-0.2, -0.15) is 0 Å². The average Bonchev–Trinajstić information content (AvgIpc) is 3.37. The van der Waals surface area contributed by atoms with Crippen molar-refractivity contribution < 1.29 is 4.74 Å². The molecule has 0 radical (unpaired) electrons. The van der Waals surface area contributed by atoms with E-state index in [-0.39, 0.29) is 24.0 Å². The van der Waals surface area contributed by atoms with E-state index in [1.165, 1.54) is 32.1 Å². The summed E-state index contributed by atoms with van der Waals surface area (Å²) < 4.78 is 5.49. The van der Waals surface area contributed by atoms with E-state index in [1.54, 1.807) is 0 Å². The van der Waals surface area contributed by atoms with Crippen LogP contribution in [0.4, 0.5) is 0 Å². The molecule has 0 amide bonds. The summed E-state index contributed by atoms with van der Waals surface area (Å²) in [6.07, 6.45) is 6.73. The predicted molar refractivity (Wildman–Crippen MR) is 112 cm³/mol. The first kappa shape index (κ1) is 22.0. The van der Waals surface area contributed by atoms with Gasteiger partial charge < -0.3 is 15.4 Å². The minimum absolute atomic E-state index is 0. The molecule has 1 aliphatic heterocycles. The van der Waals surface area contributed by atoms with Crippen LogP contribution in [0.2, 0.25) is 0 Å². The predicted octanol–water partition coefficient (Wildman–Crippen LogP) is 2.71. The lowest BCUT2D eigenvalue weighted by molar-refractivity contribution is 0.0132. The third kappa shape index (κ3) is 8.85. The van der Waals surface area contributed by atoms with Gasteiger partial charge in [-0.3, -0.25) is 9.89 Å². The van der Waals surface area contributed by atoms with Crippen molar-refractivity contribution in [2.24, 2.45) is 16.8 Å². The molecule has 1 heterocycles. The third-order valence-corrected chi connectivity index (χ3v) is 4.81. The number of aliphatic imine (C=N–C) groups is 1. The van der Waals surface area contributed by atoms with Crippen LogP contribution in [0.1, 0.15) is 46.0 Å². The zero-order valence-corrected chi connectivity index (χ0v) is 18.1. The molecule has 142 valence electrons. The summed E-state index contributed by atoms with van der Waals surface area (Å²) in [6.45, 7) is 10.4. The highest BCUT2D eigenvalue weighted by molar-refractivity contribution is 14.0. The van der Waals surface area contributed by atoms with E-state index in [0.29, 0.717) is 12.0 Å². The van der Waals surface area contributed by atoms with E-state index < -0.39 is 0 Å². The second-order valence-corrected chi connectivity index (χ2v) is 7.40. The number of halogens is 1. The van der Waals surface area contributed by atoms with Crippen molar-refractivity contribution in [3.63, 3.8) is 0 Å². The van der Waals surface area contributed by atoms with Gasteiger partial charge in [0.15, 0.2) is 5.96 Å². The maximum absolute atomic E-state index is 5.49. The number of ether oxygens (including phenoxy) is 1. The lowest BCUT2D eigenvalue weighted by Gasteiger charge is -2.35. The van der Waals surface area contributed by atoms with Gasteiger partial charge in [0.1, 0.15) is 0 Å². The van der Waals surface area contributed by atoms with Crippen molar-refractivity contribution in [3.8, 4) is 0 Å². The number of rotatable bonds is 9. The Morgan fingerprint density at radius 2 is 1.92 bits per heavy atom. The fraction of sp³-hybridized carbons (Fsp3) is 0.944. The minimum atomic E-state index is 0. The van der Waals surface area contributed by atoms with E-state index in [9.17, 15) is 0 Å². The van der Waals surface area contributed by atoms with Crippen LogP contribution in [-0.2, 0) is 4.74 Å². The molecule has 0 aromatic carbocycles. The first-order chi connectivity index (χ1) is 11.2. The molecule has 2 rings (SSSR count). The maximum atomic E-state index is 5.49. The number of nitrogens with zero attached hydrogens (tertiary/aromatic N) is 2. The van der Waals surface area contributed by atoms with Gasteiger partial charge in [0.2, 0.25) is 0 Å². The first-order valence-electron chi connectivity index (χ1n) is 9.45. The van der Waals surface area contributed by atoms with Crippen LogP contribution in [0.15, 0.2) is 4.99 Å². The average molecular weight is 452 g/mol. The number of hydrogen-bond acceptors (Lipinski definition) is 3. The maximum Gasteiger partial charge on any atom is 0.191 e. The van der Waals surface area contributed by atoms with Crippen LogP contribution in [0.3, 0.4) is 0 Å². The van der Waals surface area contributed by atoms with Crippen LogP contribution in [-0.4, -0.2) is 63.3 Å². The molecule has 1 saturated heterocycles. The Morgan fingerprint density at radius 3 is 2.50 bits per heavy atom. The summed E-state index contributed by atoms with van der Waals surface area (Å²) in [5, 5.41) is 6.99. The summed E-state index contributed by atoms with van der Waals surface area (Å²) in [5.41, 5.74) is 0. The van der Waals surface area contributed by atoms with Gasteiger partial charge in [0, 0.05) is 39.3 Å². The Bertz CT molecular complexity index is 355. The monoisotopic (exact) mass is 452 g/mol. The first-order valence-corrected chi connectivity index (χ1v) is 9.45. The van der Waals surface area contributed by atoms with Crippen LogP contribution in [0.25, 0.3) is 0 Å². The van der Waals surface area contributed by atoms with Gasteiger partial charge in [0.05, 0.1) is 13.2 Å². The van der Waals surface area contributed by atoms with Gasteiger partial charge >= 0.3 is 0 Å². The lowest BCUT2D eigenvalue weighted by atomic mass is 10.0. The molecule has 6 heteroatoms.